The fourth-order valence-corrected chi connectivity index (χ4v) is 6.01. The fourth-order valence-electron chi connectivity index (χ4n) is 5.29. The summed E-state index contributed by atoms with van der Waals surface area (Å²) in [6, 6.07) is -0.803. The van der Waals surface area contributed by atoms with Gasteiger partial charge in [-0.2, -0.15) is 0 Å². The lowest BCUT2D eigenvalue weighted by Crippen LogP contribution is -2.46. The largest absolute Gasteiger partial charge is 0.756 e. The van der Waals surface area contributed by atoms with Gasteiger partial charge < -0.3 is 28.8 Å². The monoisotopic (exact) mass is 687 g/mol. The van der Waals surface area contributed by atoms with Crippen LogP contribution in [0.2, 0.25) is 0 Å². The fraction of sp³-hybridized carbons (Fsp3) is 0.868. The molecule has 0 aromatic heterocycles. The van der Waals surface area contributed by atoms with Crippen molar-refractivity contribution in [2.45, 2.75) is 174 Å². The van der Waals surface area contributed by atoms with Gasteiger partial charge >= 0.3 is 0 Å². The van der Waals surface area contributed by atoms with E-state index >= 15 is 0 Å². The van der Waals surface area contributed by atoms with Gasteiger partial charge in [-0.3, -0.25) is 9.36 Å². The van der Waals surface area contributed by atoms with Gasteiger partial charge in [-0.15, -0.1) is 0 Å². The predicted octanol–water partition coefficient (Wildman–Crippen LogP) is 9.16. The van der Waals surface area contributed by atoms with Crippen LogP contribution in [0.15, 0.2) is 24.3 Å². The van der Waals surface area contributed by atoms with Crippen LogP contribution < -0.4 is 10.2 Å². The molecule has 0 aromatic rings. The average Bonchev–Trinajstić information content (AvgIpc) is 3.01. The van der Waals surface area contributed by atoms with Crippen molar-refractivity contribution in [3.63, 3.8) is 0 Å². The van der Waals surface area contributed by atoms with Crippen molar-refractivity contribution in [3.05, 3.63) is 24.3 Å². The highest BCUT2D eigenvalue weighted by atomic mass is 31.2. The lowest BCUT2D eigenvalue weighted by atomic mass is 10.0. The Hall–Kier alpha value is -1.02. The molecule has 0 aliphatic heterocycles. The number of hydrogen-bond donors (Lipinski definition) is 2. The molecule has 0 heterocycles. The minimum atomic E-state index is -4.56. The normalized spacial score (nSPS) is 15.0. The predicted molar refractivity (Wildman–Crippen MR) is 196 cm³/mol. The van der Waals surface area contributed by atoms with E-state index in [2.05, 4.69) is 43.5 Å². The van der Waals surface area contributed by atoms with Crippen molar-refractivity contribution in [2.75, 3.05) is 40.9 Å². The molecule has 3 unspecified atom stereocenters. The maximum absolute atomic E-state index is 12.8. The standard InChI is InChI=1S/C38H75N2O6P/c1-6-8-10-12-14-16-18-19-20-22-24-26-28-30-32-38(42)39-36(35-46-47(43,44)45-34-33-40(3,4)5)37(41)31-29-27-25-23-21-17-15-13-11-9-7-2/h12,14,18-19,36-37,41H,6-11,13,15-17,20-35H2,1-5H3,(H-,39,42,43,44)/b14-12-,19-18-. The number of likely N-dealkylation sites (N-methyl/N-ethyl adjacent to an activating group) is 1. The Labute approximate surface area is 290 Å². The minimum absolute atomic E-state index is 0.00928. The smallest absolute Gasteiger partial charge is 0.268 e. The Balaban J connectivity index is 4.49. The number of phosphoric ester groups is 1. The van der Waals surface area contributed by atoms with Crippen LogP contribution >= 0.6 is 7.82 Å². The molecule has 278 valence electrons. The first kappa shape index (κ1) is 46.0. The van der Waals surface area contributed by atoms with Crippen molar-refractivity contribution in [1.82, 2.24) is 5.32 Å². The number of nitrogens with zero attached hydrogens (tertiary/aromatic N) is 1. The summed E-state index contributed by atoms with van der Waals surface area (Å²) in [7, 11) is 1.29. The Kier molecular flexibility index (Phi) is 30.3. The number of unbranched alkanes of at least 4 members (excludes halogenated alkanes) is 17. The maximum atomic E-state index is 12.8. The third-order valence-electron chi connectivity index (χ3n) is 8.44. The minimum Gasteiger partial charge on any atom is -0.756 e. The molecular formula is C38H75N2O6P. The van der Waals surface area contributed by atoms with Crippen LogP contribution in [0.5, 0.6) is 0 Å². The highest BCUT2D eigenvalue weighted by molar-refractivity contribution is 7.45. The molecule has 0 saturated heterocycles. The number of carbonyl (C=O) groups is 1. The number of nitrogens with one attached hydrogen (secondary N) is 1. The van der Waals surface area contributed by atoms with Crippen molar-refractivity contribution < 1.29 is 32.9 Å². The third kappa shape index (κ3) is 33.3. The van der Waals surface area contributed by atoms with Gasteiger partial charge in [-0.05, 0) is 38.5 Å². The molecule has 0 spiro atoms. The van der Waals surface area contributed by atoms with Gasteiger partial charge in [0.25, 0.3) is 7.82 Å². The molecule has 0 radical (unpaired) electrons. The van der Waals surface area contributed by atoms with E-state index in [1.165, 1.54) is 70.6 Å². The molecule has 8 nitrogen and oxygen atoms in total. The summed E-state index contributed by atoms with van der Waals surface area (Å²) in [6.07, 6.45) is 33.1. The topological polar surface area (TPSA) is 108 Å². The Bertz CT molecular complexity index is 829. The van der Waals surface area contributed by atoms with E-state index in [1.807, 2.05) is 21.1 Å². The summed E-state index contributed by atoms with van der Waals surface area (Å²) in [5.41, 5.74) is 0. The Morgan fingerprint density at radius 1 is 0.745 bits per heavy atom. The second-order valence-corrected chi connectivity index (χ2v) is 15.7. The zero-order valence-corrected chi connectivity index (χ0v) is 32.1. The van der Waals surface area contributed by atoms with Gasteiger partial charge in [-0.1, -0.05) is 141 Å². The van der Waals surface area contributed by atoms with E-state index in [0.29, 0.717) is 23.9 Å². The molecule has 0 aliphatic carbocycles. The van der Waals surface area contributed by atoms with E-state index in [-0.39, 0.29) is 19.1 Å². The lowest BCUT2D eigenvalue weighted by molar-refractivity contribution is -0.870. The molecule has 0 saturated carbocycles. The number of rotatable bonds is 34. The lowest BCUT2D eigenvalue weighted by Gasteiger charge is -2.30. The Morgan fingerprint density at radius 2 is 1.26 bits per heavy atom. The van der Waals surface area contributed by atoms with Crippen LogP contribution in [0.4, 0.5) is 0 Å². The van der Waals surface area contributed by atoms with Crippen LogP contribution in [0.3, 0.4) is 0 Å². The first-order valence-electron chi connectivity index (χ1n) is 19.2. The number of amides is 1. The highest BCUT2D eigenvalue weighted by Crippen LogP contribution is 2.38. The number of quaternary nitrogens is 1. The zero-order valence-electron chi connectivity index (χ0n) is 31.2. The molecule has 0 aromatic carbocycles. The molecule has 0 aliphatic rings. The average molecular weight is 687 g/mol. The first-order valence-corrected chi connectivity index (χ1v) is 20.6. The van der Waals surface area contributed by atoms with Crippen molar-refractivity contribution >= 4 is 13.7 Å². The second kappa shape index (κ2) is 31.0. The summed E-state index contributed by atoms with van der Waals surface area (Å²) < 4.78 is 23.1. The van der Waals surface area contributed by atoms with Gasteiger partial charge in [0, 0.05) is 6.42 Å². The SMILES string of the molecule is CCCC/C=C\C/C=C\CCCCCCCC(=O)NC(COP(=O)([O-])OCC[N+](C)(C)C)C(O)CCCCCCCCCCCCC. The van der Waals surface area contributed by atoms with Crippen molar-refractivity contribution in [2.24, 2.45) is 0 Å². The van der Waals surface area contributed by atoms with E-state index in [0.717, 1.165) is 64.2 Å². The third-order valence-corrected chi connectivity index (χ3v) is 9.41. The van der Waals surface area contributed by atoms with E-state index in [4.69, 9.17) is 9.05 Å². The number of hydrogen-bond acceptors (Lipinski definition) is 6. The molecule has 9 heteroatoms. The summed E-state index contributed by atoms with van der Waals surface area (Å²) in [6.45, 7) is 4.63. The molecule has 2 N–H and O–H groups in total. The summed E-state index contributed by atoms with van der Waals surface area (Å²) in [4.78, 5) is 25.2. The quantitative estimate of drug-likeness (QED) is 0.0303. The molecule has 0 bridgehead atoms. The summed E-state index contributed by atoms with van der Waals surface area (Å²) >= 11 is 0. The molecular weight excluding hydrogens is 611 g/mol. The number of allylic oxidation sites excluding steroid dienone is 4. The van der Waals surface area contributed by atoms with Gasteiger partial charge in [0.1, 0.15) is 13.2 Å². The van der Waals surface area contributed by atoms with Gasteiger partial charge in [0.05, 0.1) is 39.9 Å². The van der Waals surface area contributed by atoms with E-state index in [1.54, 1.807) is 0 Å². The number of carbonyl (C=O) groups excluding carboxylic acids is 1. The molecule has 1 amide bonds. The molecule has 0 fully saturated rings. The van der Waals surface area contributed by atoms with Gasteiger partial charge in [0.2, 0.25) is 5.91 Å². The van der Waals surface area contributed by atoms with Gasteiger partial charge in [0.15, 0.2) is 0 Å². The summed E-state index contributed by atoms with van der Waals surface area (Å²) in [5.74, 6) is -0.182. The van der Waals surface area contributed by atoms with E-state index in [9.17, 15) is 19.4 Å². The molecule has 3 atom stereocenters. The number of aliphatic hydroxyl groups excluding tert-OH is 1. The van der Waals surface area contributed by atoms with E-state index < -0.39 is 20.0 Å². The van der Waals surface area contributed by atoms with Crippen LogP contribution in [-0.2, 0) is 18.4 Å². The molecule has 47 heavy (non-hydrogen) atoms. The maximum Gasteiger partial charge on any atom is 0.268 e. The van der Waals surface area contributed by atoms with Gasteiger partial charge in [-0.25, -0.2) is 0 Å². The number of phosphoric acid groups is 1. The molecule has 0 rings (SSSR count). The van der Waals surface area contributed by atoms with Crippen molar-refractivity contribution in [1.29, 1.82) is 0 Å². The summed E-state index contributed by atoms with van der Waals surface area (Å²) in [5, 5.41) is 13.8. The first-order chi connectivity index (χ1) is 22.5. The highest BCUT2D eigenvalue weighted by Gasteiger charge is 2.24. The Morgan fingerprint density at radius 3 is 1.83 bits per heavy atom. The van der Waals surface area contributed by atoms with Crippen molar-refractivity contribution in [3.8, 4) is 0 Å². The van der Waals surface area contributed by atoms with Crippen LogP contribution in [0.25, 0.3) is 0 Å². The van der Waals surface area contributed by atoms with Crippen LogP contribution in [0, 0.1) is 0 Å². The second-order valence-electron chi connectivity index (χ2n) is 14.3. The zero-order chi connectivity index (χ0) is 35.1. The van der Waals surface area contributed by atoms with Crippen LogP contribution in [0.1, 0.15) is 162 Å². The van der Waals surface area contributed by atoms with Crippen LogP contribution in [-0.4, -0.2) is 68.5 Å². The number of aliphatic hydroxyl groups is 1.